The number of carboxylic acid groups (broad SMARTS) is 1. The standard InChI is InChI=1S/C5H4O2S.Al.3H/c6-5(7)4-2-1-3-8-4;;;;/h1-3H,(H,6,7);;;;. The van der Waals surface area contributed by atoms with Crippen molar-refractivity contribution in [3.05, 3.63) is 22.4 Å². The van der Waals surface area contributed by atoms with Gasteiger partial charge in [-0.2, -0.15) is 0 Å². The van der Waals surface area contributed by atoms with Crippen molar-refractivity contribution >= 4 is 34.7 Å². The fourth-order valence-electron chi connectivity index (χ4n) is 0.400. The van der Waals surface area contributed by atoms with Gasteiger partial charge in [-0.25, -0.2) is 4.79 Å². The zero-order valence-electron chi connectivity index (χ0n) is 4.00. The molecule has 0 fully saturated rings. The molecule has 0 bridgehead atoms. The Kier molecular flexibility index (Phi) is 3.55. The Balaban J connectivity index is 0.000000640. The summed E-state index contributed by atoms with van der Waals surface area (Å²) in [5.74, 6) is -0.847. The summed E-state index contributed by atoms with van der Waals surface area (Å²) in [7, 11) is 0. The minimum atomic E-state index is -0.847. The molecule has 4 heteroatoms. The third-order valence-electron chi connectivity index (χ3n) is 0.732. The van der Waals surface area contributed by atoms with E-state index in [9.17, 15) is 4.79 Å². The predicted octanol–water partition coefficient (Wildman–Crippen LogP) is 0.262. The molecule has 0 aliphatic rings. The Morgan fingerprint density at radius 2 is 2.33 bits per heavy atom. The second-order valence-electron chi connectivity index (χ2n) is 1.28. The molecule has 0 aromatic carbocycles. The van der Waals surface area contributed by atoms with E-state index in [0.717, 1.165) is 0 Å². The third-order valence-corrected chi connectivity index (χ3v) is 1.59. The highest BCUT2D eigenvalue weighted by Gasteiger charge is 1.99. The Bertz CT molecular complexity index is 183. The molecule has 1 N–H and O–H groups in total. The molecule has 0 aliphatic carbocycles. The van der Waals surface area contributed by atoms with Crippen molar-refractivity contribution in [2.45, 2.75) is 0 Å². The van der Waals surface area contributed by atoms with Crippen molar-refractivity contribution in [1.29, 1.82) is 0 Å². The maximum absolute atomic E-state index is 10.1. The van der Waals surface area contributed by atoms with Crippen LogP contribution in [0, 0.1) is 0 Å². The van der Waals surface area contributed by atoms with Gasteiger partial charge in [0.15, 0.2) is 17.4 Å². The van der Waals surface area contributed by atoms with Gasteiger partial charge in [-0.15, -0.1) is 11.3 Å². The molecule has 0 atom stereocenters. The van der Waals surface area contributed by atoms with Crippen LogP contribution in [0.4, 0.5) is 0 Å². The molecule has 0 spiro atoms. The summed E-state index contributed by atoms with van der Waals surface area (Å²) in [4.78, 5) is 10.5. The van der Waals surface area contributed by atoms with Gasteiger partial charge in [-0.1, -0.05) is 6.07 Å². The monoisotopic (exact) mass is 158 g/mol. The van der Waals surface area contributed by atoms with Gasteiger partial charge in [0.2, 0.25) is 0 Å². The van der Waals surface area contributed by atoms with Crippen molar-refractivity contribution in [2.75, 3.05) is 0 Å². The van der Waals surface area contributed by atoms with Crippen LogP contribution >= 0.6 is 11.3 Å². The topological polar surface area (TPSA) is 37.3 Å². The van der Waals surface area contributed by atoms with Crippen molar-refractivity contribution in [3.63, 3.8) is 0 Å². The van der Waals surface area contributed by atoms with Crippen LogP contribution in [0.2, 0.25) is 0 Å². The quantitative estimate of drug-likeness (QED) is 0.595. The Morgan fingerprint density at radius 1 is 1.67 bits per heavy atom. The zero-order valence-corrected chi connectivity index (χ0v) is 4.81. The highest BCUT2D eigenvalue weighted by Crippen LogP contribution is 2.06. The second kappa shape index (κ2) is 3.68. The van der Waals surface area contributed by atoms with E-state index < -0.39 is 5.97 Å². The van der Waals surface area contributed by atoms with Gasteiger partial charge in [-0.05, 0) is 11.4 Å². The SMILES string of the molecule is O=C(O)c1cccs1.[AlH3]. The zero-order chi connectivity index (χ0) is 5.98. The van der Waals surface area contributed by atoms with E-state index in [-0.39, 0.29) is 17.4 Å². The molecule has 9 heavy (non-hydrogen) atoms. The van der Waals surface area contributed by atoms with Gasteiger partial charge >= 0.3 is 5.97 Å². The molecule has 0 saturated heterocycles. The second-order valence-corrected chi connectivity index (χ2v) is 2.23. The Morgan fingerprint density at radius 3 is 2.56 bits per heavy atom. The first-order valence-corrected chi connectivity index (χ1v) is 2.95. The maximum atomic E-state index is 10.1. The number of thiophene rings is 1. The number of rotatable bonds is 1. The van der Waals surface area contributed by atoms with E-state index in [1.165, 1.54) is 11.3 Å². The molecule has 0 saturated carbocycles. The molecule has 1 aromatic heterocycles. The number of aromatic carboxylic acids is 1. The number of hydrogen-bond donors (Lipinski definition) is 1. The summed E-state index contributed by atoms with van der Waals surface area (Å²) in [6.45, 7) is 0. The minimum absolute atomic E-state index is 0. The van der Waals surface area contributed by atoms with Crippen LogP contribution < -0.4 is 0 Å². The molecular formula is C5H7AlO2S. The van der Waals surface area contributed by atoms with Crippen LogP contribution in [-0.4, -0.2) is 28.4 Å². The van der Waals surface area contributed by atoms with E-state index in [4.69, 9.17) is 5.11 Å². The van der Waals surface area contributed by atoms with Crippen LogP contribution in [0.5, 0.6) is 0 Å². The third kappa shape index (κ3) is 2.19. The fourth-order valence-corrected chi connectivity index (χ4v) is 0.962. The Hall–Kier alpha value is -0.298. The highest BCUT2D eigenvalue weighted by atomic mass is 32.1. The van der Waals surface area contributed by atoms with E-state index in [2.05, 4.69) is 0 Å². The molecule has 0 unspecified atom stereocenters. The molecule has 48 valence electrons. The number of carbonyl (C=O) groups is 1. The van der Waals surface area contributed by atoms with Gasteiger partial charge in [0, 0.05) is 0 Å². The molecule has 1 heterocycles. The van der Waals surface area contributed by atoms with E-state index in [0.29, 0.717) is 4.88 Å². The fraction of sp³-hybridized carbons (Fsp3) is 0. The van der Waals surface area contributed by atoms with Crippen LogP contribution in [0.3, 0.4) is 0 Å². The predicted molar refractivity (Wildman–Crippen MR) is 41.2 cm³/mol. The summed E-state index contributed by atoms with van der Waals surface area (Å²) in [5.41, 5.74) is 0. The van der Waals surface area contributed by atoms with Crippen molar-refractivity contribution in [2.24, 2.45) is 0 Å². The number of hydrogen-bond acceptors (Lipinski definition) is 2. The van der Waals surface area contributed by atoms with Gasteiger partial charge in [0.1, 0.15) is 4.88 Å². The van der Waals surface area contributed by atoms with Gasteiger partial charge < -0.3 is 5.11 Å². The average Bonchev–Trinajstić information content (AvgIpc) is 2.12. The summed E-state index contributed by atoms with van der Waals surface area (Å²) < 4.78 is 0. The first kappa shape index (κ1) is 8.70. The highest BCUT2D eigenvalue weighted by molar-refractivity contribution is 7.11. The van der Waals surface area contributed by atoms with Gasteiger partial charge in [0.05, 0.1) is 0 Å². The summed E-state index contributed by atoms with van der Waals surface area (Å²) >= 11 is 1.23. The lowest BCUT2D eigenvalue weighted by Gasteiger charge is -1.78. The van der Waals surface area contributed by atoms with E-state index in [1.807, 2.05) is 0 Å². The maximum Gasteiger partial charge on any atom is 0.345 e. The minimum Gasteiger partial charge on any atom is -0.477 e. The smallest absolute Gasteiger partial charge is 0.345 e. The molecule has 1 aromatic rings. The van der Waals surface area contributed by atoms with Crippen LogP contribution in [0.25, 0.3) is 0 Å². The summed E-state index contributed by atoms with van der Waals surface area (Å²) in [6, 6.07) is 3.29. The molecular weight excluding hydrogens is 151 g/mol. The summed E-state index contributed by atoms with van der Waals surface area (Å²) in [6.07, 6.45) is 0. The van der Waals surface area contributed by atoms with E-state index in [1.54, 1.807) is 17.5 Å². The lowest BCUT2D eigenvalue weighted by molar-refractivity contribution is 0.0702. The van der Waals surface area contributed by atoms with Crippen LogP contribution in [0.1, 0.15) is 9.67 Å². The van der Waals surface area contributed by atoms with Crippen molar-refractivity contribution in [1.82, 2.24) is 0 Å². The van der Waals surface area contributed by atoms with Crippen LogP contribution in [-0.2, 0) is 0 Å². The molecule has 2 nitrogen and oxygen atoms in total. The lowest BCUT2D eigenvalue weighted by Crippen LogP contribution is -1.89. The molecule has 0 aliphatic heterocycles. The van der Waals surface area contributed by atoms with Crippen LogP contribution in [0.15, 0.2) is 17.5 Å². The van der Waals surface area contributed by atoms with Gasteiger partial charge in [-0.3, -0.25) is 0 Å². The average molecular weight is 158 g/mol. The number of carboxylic acids is 1. The molecule has 1 rings (SSSR count). The molecule has 0 radical (unpaired) electrons. The Labute approximate surface area is 67.3 Å². The normalized spacial score (nSPS) is 8.00. The van der Waals surface area contributed by atoms with Gasteiger partial charge in [0.25, 0.3) is 0 Å². The largest absolute Gasteiger partial charge is 0.477 e. The summed E-state index contributed by atoms with van der Waals surface area (Å²) in [5, 5.41) is 10.0. The lowest BCUT2D eigenvalue weighted by atomic mass is 10.5. The molecule has 0 amide bonds. The van der Waals surface area contributed by atoms with Crippen molar-refractivity contribution < 1.29 is 9.90 Å². The first-order valence-electron chi connectivity index (χ1n) is 2.07. The van der Waals surface area contributed by atoms with Crippen molar-refractivity contribution in [3.8, 4) is 0 Å². The van der Waals surface area contributed by atoms with E-state index >= 15 is 0 Å². The first-order chi connectivity index (χ1) is 3.80.